The van der Waals surface area contributed by atoms with Gasteiger partial charge in [-0.2, -0.15) is 4.98 Å². The standard InChI is InChI=1S/C7H9N5O.C2H6/c1-11-3-9-4-5(11)10-7(8)12(2)6(4)13;1-2/h3H,1-2H3,(H2,8,10);1-2H3. The Morgan fingerprint density at radius 3 is 2.53 bits per heavy atom. The van der Waals surface area contributed by atoms with Gasteiger partial charge < -0.3 is 10.3 Å². The predicted octanol–water partition coefficient (Wildman–Crippen LogP) is 0.275. The second-order valence-electron chi connectivity index (χ2n) is 2.86. The Labute approximate surface area is 87.4 Å². The molecular formula is C9H15N5O. The van der Waals surface area contributed by atoms with Crippen LogP contribution in [0.25, 0.3) is 11.2 Å². The minimum atomic E-state index is -0.219. The van der Waals surface area contributed by atoms with E-state index in [-0.39, 0.29) is 11.5 Å². The van der Waals surface area contributed by atoms with Gasteiger partial charge in [0.05, 0.1) is 6.33 Å². The number of anilines is 1. The van der Waals surface area contributed by atoms with Crippen LogP contribution in [0.4, 0.5) is 5.95 Å². The summed E-state index contributed by atoms with van der Waals surface area (Å²) in [6, 6.07) is 0. The molecule has 2 heterocycles. The maximum Gasteiger partial charge on any atom is 0.282 e. The number of aryl methyl sites for hydroxylation is 1. The highest BCUT2D eigenvalue weighted by Crippen LogP contribution is 2.04. The Morgan fingerprint density at radius 1 is 1.33 bits per heavy atom. The van der Waals surface area contributed by atoms with Crippen molar-refractivity contribution >= 4 is 17.1 Å². The van der Waals surface area contributed by atoms with E-state index in [1.807, 2.05) is 13.8 Å². The molecular weight excluding hydrogens is 194 g/mol. The van der Waals surface area contributed by atoms with Crippen molar-refractivity contribution in [1.29, 1.82) is 0 Å². The molecule has 6 heteroatoms. The zero-order chi connectivity index (χ0) is 11.6. The summed E-state index contributed by atoms with van der Waals surface area (Å²) >= 11 is 0. The summed E-state index contributed by atoms with van der Waals surface area (Å²) in [5.74, 6) is 0.195. The molecule has 0 aromatic carbocycles. The van der Waals surface area contributed by atoms with Crippen LogP contribution < -0.4 is 11.3 Å². The zero-order valence-corrected chi connectivity index (χ0v) is 9.35. The van der Waals surface area contributed by atoms with E-state index in [9.17, 15) is 4.79 Å². The number of nitrogens with two attached hydrogens (primary N) is 1. The molecule has 0 amide bonds. The molecule has 0 radical (unpaired) electrons. The van der Waals surface area contributed by atoms with Gasteiger partial charge >= 0.3 is 0 Å². The van der Waals surface area contributed by atoms with E-state index in [0.29, 0.717) is 11.2 Å². The van der Waals surface area contributed by atoms with E-state index in [2.05, 4.69) is 9.97 Å². The molecule has 2 aromatic heterocycles. The highest BCUT2D eigenvalue weighted by molar-refractivity contribution is 5.70. The fourth-order valence-corrected chi connectivity index (χ4v) is 1.15. The molecule has 82 valence electrons. The molecule has 0 aliphatic heterocycles. The van der Waals surface area contributed by atoms with Gasteiger partial charge in [0.2, 0.25) is 5.95 Å². The second kappa shape index (κ2) is 4.12. The number of aromatic nitrogens is 4. The van der Waals surface area contributed by atoms with Crippen molar-refractivity contribution in [3.8, 4) is 0 Å². The van der Waals surface area contributed by atoms with Crippen molar-refractivity contribution in [2.75, 3.05) is 5.73 Å². The van der Waals surface area contributed by atoms with Gasteiger partial charge in [-0.15, -0.1) is 0 Å². The number of fused-ring (bicyclic) bond motifs is 1. The third kappa shape index (κ3) is 1.70. The lowest BCUT2D eigenvalue weighted by molar-refractivity contribution is 0.849. The molecule has 6 nitrogen and oxygen atoms in total. The minimum Gasteiger partial charge on any atom is -0.369 e. The van der Waals surface area contributed by atoms with Crippen LogP contribution in [0.2, 0.25) is 0 Å². The van der Waals surface area contributed by atoms with E-state index in [0.717, 1.165) is 0 Å². The van der Waals surface area contributed by atoms with Crippen LogP contribution in [-0.4, -0.2) is 19.1 Å². The normalized spacial score (nSPS) is 9.87. The van der Waals surface area contributed by atoms with E-state index in [4.69, 9.17) is 5.73 Å². The van der Waals surface area contributed by atoms with Crippen LogP contribution in [0.3, 0.4) is 0 Å². The molecule has 2 N–H and O–H groups in total. The minimum absolute atomic E-state index is 0.195. The first kappa shape index (κ1) is 11.2. The lowest BCUT2D eigenvalue weighted by Gasteiger charge is -2.01. The van der Waals surface area contributed by atoms with Crippen molar-refractivity contribution in [3.05, 3.63) is 16.7 Å². The number of nitrogens with zero attached hydrogens (tertiary/aromatic N) is 4. The van der Waals surface area contributed by atoms with E-state index in [1.165, 1.54) is 4.57 Å². The molecule has 0 saturated heterocycles. The van der Waals surface area contributed by atoms with Crippen LogP contribution >= 0.6 is 0 Å². The topological polar surface area (TPSA) is 78.7 Å². The van der Waals surface area contributed by atoms with Gasteiger partial charge in [-0.25, -0.2) is 4.98 Å². The molecule has 2 aromatic rings. The molecule has 0 aliphatic rings. The average Bonchev–Trinajstić information content (AvgIpc) is 2.61. The highest BCUT2D eigenvalue weighted by Gasteiger charge is 2.08. The molecule has 0 spiro atoms. The Kier molecular flexibility index (Phi) is 3.08. The van der Waals surface area contributed by atoms with Crippen LogP contribution in [0, 0.1) is 0 Å². The first-order valence-corrected chi connectivity index (χ1v) is 4.75. The summed E-state index contributed by atoms with van der Waals surface area (Å²) < 4.78 is 2.93. The van der Waals surface area contributed by atoms with Gasteiger partial charge in [-0.05, 0) is 0 Å². The summed E-state index contributed by atoms with van der Waals surface area (Å²) in [6.45, 7) is 4.00. The van der Waals surface area contributed by atoms with Gasteiger partial charge in [-0.3, -0.25) is 9.36 Å². The van der Waals surface area contributed by atoms with E-state index in [1.54, 1.807) is 25.0 Å². The molecule has 15 heavy (non-hydrogen) atoms. The largest absolute Gasteiger partial charge is 0.369 e. The second-order valence-corrected chi connectivity index (χ2v) is 2.86. The summed E-state index contributed by atoms with van der Waals surface area (Å²) in [7, 11) is 3.33. The summed E-state index contributed by atoms with van der Waals surface area (Å²) in [5.41, 5.74) is 6.17. The molecule has 0 fully saturated rings. The van der Waals surface area contributed by atoms with Crippen LogP contribution in [0.15, 0.2) is 11.1 Å². The van der Waals surface area contributed by atoms with Crippen LogP contribution in [0.5, 0.6) is 0 Å². The van der Waals surface area contributed by atoms with Gasteiger partial charge in [0.25, 0.3) is 5.56 Å². The highest BCUT2D eigenvalue weighted by atomic mass is 16.1. The third-order valence-electron chi connectivity index (χ3n) is 1.98. The summed E-state index contributed by atoms with van der Waals surface area (Å²) in [5, 5.41) is 0. The summed E-state index contributed by atoms with van der Waals surface area (Å²) in [6.07, 6.45) is 1.54. The Bertz CT molecular complexity index is 525. The van der Waals surface area contributed by atoms with E-state index < -0.39 is 0 Å². The molecule has 0 saturated carbocycles. The summed E-state index contributed by atoms with van der Waals surface area (Å²) in [4.78, 5) is 19.5. The smallest absolute Gasteiger partial charge is 0.282 e. The third-order valence-corrected chi connectivity index (χ3v) is 1.98. The maximum atomic E-state index is 11.5. The Hall–Kier alpha value is -1.85. The lowest BCUT2D eigenvalue weighted by Crippen LogP contribution is -2.21. The van der Waals surface area contributed by atoms with Crippen molar-refractivity contribution in [2.24, 2.45) is 14.1 Å². The predicted molar refractivity (Wildman–Crippen MR) is 59.5 cm³/mol. The molecule has 0 atom stereocenters. The average molecular weight is 209 g/mol. The lowest BCUT2D eigenvalue weighted by atomic mass is 10.5. The van der Waals surface area contributed by atoms with E-state index >= 15 is 0 Å². The van der Waals surface area contributed by atoms with Crippen LogP contribution in [-0.2, 0) is 14.1 Å². The molecule has 2 rings (SSSR count). The molecule has 0 aliphatic carbocycles. The van der Waals surface area contributed by atoms with Crippen molar-refractivity contribution in [3.63, 3.8) is 0 Å². The molecule has 0 bridgehead atoms. The number of nitrogen functional groups attached to an aromatic ring is 1. The van der Waals surface area contributed by atoms with Crippen molar-refractivity contribution in [1.82, 2.24) is 19.1 Å². The number of rotatable bonds is 0. The quantitative estimate of drug-likeness (QED) is 0.675. The van der Waals surface area contributed by atoms with Crippen LogP contribution in [0.1, 0.15) is 13.8 Å². The van der Waals surface area contributed by atoms with Crippen molar-refractivity contribution < 1.29 is 0 Å². The fraction of sp³-hybridized carbons (Fsp3) is 0.444. The van der Waals surface area contributed by atoms with Gasteiger partial charge in [0.15, 0.2) is 11.2 Å². The Morgan fingerprint density at radius 2 is 1.93 bits per heavy atom. The first-order chi connectivity index (χ1) is 7.11. The Balaban J connectivity index is 0.000000531. The van der Waals surface area contributed by atoms with Gasteiger partial charge in [0, 0.05) is 14.1 Å². The number of imidazole rings is 1. The number of hydrogen-bond donors (Lipinski definition) is 1. The van der Waals surface area contributed by atoms with Gasteiger partial charge in [-0.1, -0.05) is 13.8 Å². The maximum absolute atomic E-state index is 11.5. The zero-order valence-electron chi connectivity index (χ0n) is 9.35. The number of hydrogen-bond acceptors (Lipinski definition) is 4. The van der Waals surface area contributed by atoms with Crippen molar-refractivity contribution in [2.45, 2.75) is 13.8 Å². The molecule has 0 unspecified atom stereocenters. The van der Waals surface area contributed by atoms with Gasteiger partial charge in [0.1, 0.15) is 0 Å². The monoisotopic (exact) mass is 209 g/mol. The fourth-order valence-electron chi connectivity index (χ4n) is 1.15. The first-order valence-electron chi connectivity index (χ1n) is 4.75. The SMILES string of the molecule is CC.Cn1c(N)nc2c(ncn2C)c1=O.